The van der Waals surface area contributed by atoms with Crippen molar-refractivity contribution in [1.82, 2.24) is 0 Å². The third-order valence-corrected chi connectivity index (χ3v) is 2.20. The number of carboxylic acids is 1. The maximum Gasteiger partial charge on any atom is 0.315 e. The first-order valence-electron chi connectivity index (χ1n) is 4.16. The van der Waals surface area contributed by atoms with E-state index in [-0.39, 0.29) is 0 Å². The first-order valence-corrected chi connectivity index (χ1v) is 4.54. The minimum absolute atomic E-state index is 0.597. The molecular weight excluding hydrogens is 200 g/mol. The Morgan fingerprint density at radius 3 is 2.29 bits per heavy atom. The summed E-state index contributed by atoms with van der Waals surface area (Å²) in [6.45, 7) is 5.36. The Hall–Kier alpha value is -1.28. The first kappa shape index (κ1) is 10.8. The summed E-state index contributed by atoms with van der Waals surface area (Å²) < 4.78 is 0. The van der Waals surface area contributed by atoms with Crippen LogP contribution in [0.5, 0.6) is 0 Å². The second-order valence-corrected chi connectivity index (χ2v) is 3.61. The topological polar surface area (TPSA) is 37.3 Å². The molecule has 1 rings (SSSR count). The van der Waals surface area contributed by atoms with Crippen LogP contribution in [0.15, 0.2) is 36.4 Å². The molecule has 0 bridgehead atoms. The Labute approximate surface area is 87.8 Å². The van der Waals surface area contributed by atoms with Crippen LogP contribution in [-0.4, -0.2) is 11.1 Å². The van der Waals surface area contributed by atoms with Crippen molar-refractivity contribution in [2.24, 2.45) is 0 Å². The first-order chi connectivity index (χ1) is 6.52. The fourth-order valence-electron chi connectivity index (χ4n) is 1.29. The van der Waals surface area contributed by atoms with Gasteiger partial charge in [0.2, 0.25) is 0 Å². The molecule has 14 heavy (non-hydrogen) atoms. The number of hydrogen-bond donors (Lipinski definition) is 1. The summed E-state index contributed by atoms with van der Waals surface area (Å²) in [5.41, 5.74) is 1.31. The summed E-state index contributed by atoms with van der Waals surface area (Å²) >= 11 is 5.71. The molecular formula is C11H11ClO2. The lowest BCUT2D eigenvalue weighted by Crippen LogP contribution is -2.12. The smallest absolute Gasteiger partial charge is 0.315 e. The standard InChI is InChI=1S/C11H11ClO2/c1-7(2)10(11(13)14)8-3-5-9(12)6-4-8/h3-6,10H,1H2,2H3,(H,13,14). The molecule has 0 fully saturated rings. The molecule has 0 amide bonds. The van der Waals surface area contributed by atoms with E-state index in [0.29, 0.717) is 16.2 Å². The predicted molar refractivity (Wildman–Crippen MR) is 56.6 cm³/mol. The van der Waals surface area contributed by atoms with Crippen molar-refractivity contribution in [3.63, 3.8) is 0 Å². The molecule has 2 nitrogen and oxygen atoms in total. The van der Waals surface area contributed by atoms with Gasteiger partial charge in [-0.2, -0.15) is 0 Å². The van der Waals surface area contributed by atoms with Crippen LogP contribution in [0.4, 0.5) is 0 Å². The lowest BCUT2D eigenvalue weighted by atomic mass is 9.93. The maximum atomic E-state index is 10.9. The number of benzene rings is 1. The normalized spacial score (nSPS) is 12.1. The van der Waals surface area contributed by atoms with E-state index in [2.05, 4.69) is 6.58 Å². The summed E-state index contributed by atoms with van der Waals surface area (Å²) in [4.78, 5) is 10.9. The number of carboxylic acid groups (broad SMARTS) is 1. The SMILES string of the molecule is C=C(C)C(C(=O)O)c1ccc(Cl)cc1. The number of aliphatic carboxylic acids is 1. The van der Waals surface area contributed by atoms with Crippen LogP contribution in [0.3, 0.4) is 0 Å². The molecule has 0 heterocycles. The molecule has 0 aliphatic rings. The molecule has 0 radical (unpaired) electrons. The van der Waals surface area contributed by atoms with Gasteiger partial charge in [0.05, 0.1) is 0 Å². The minimum atomic E-state index is -0.889. The van der Waals surface area contributed by atoms with Gasteiger partial charge in [0.1, 0.15) is 5.92 Å². The zero-order valence-electron chi connectivity index (χ0n) is 7.83. The highest BCUT2D eigenvalue weighted by molar-refractivity contribution is 6.30. The van der Waals surface area contributed by atoms with E-state index in [1.807, 2.05) is 0 Å². The van der Waals surface area contributed by atoms with E-state index in [1.165, 1.54) is 0 Å². The van der Waals surface area contributed by atoms with Gasteiger partial charge in [-0.25, -0.2) is 0 Å². The molecule has 0 aliphatic carbocycles. The number of rotatable bonds is 3. The van der Waals surface area contributed by atoms with E-state index in [0.717, 1.165) is 0 Å². The third kappa shape index (κ3) is 2.36. The summed E-state index contributed by atoms with van der Waals surface area (Å²) in [6, 6.07) is 6.76. The number of hydrogen-bond acceptors (Lipinski definition) is 1. The Morgan fingerprint density at radius 2 is 1.93 bits per heavy atom. The molecule has 0 saturated carbocycles. The summed E-state index contributed by atoms with van der Waals surface area (Å²) in [5.74, 6) is -1.54. The number of carbonyl (C=O) groups is 1. The average molecular weight is 211 g/mol. The highest BCUT2D eigenvalue weighted by Crippen LogP contribution is 2.24. The van der Waals surface area contributed by atoms with Crippen molar-refractivity contribution < 1.29 is 9.90 Å². The largest absolute Gasteiger partial charge is 0.481 e. The quantitative estimate of drug-likeness (QED) is 0.779. The Kier molecular flexibility index (Phi) is 3.31. The molecule has 1 aromatic rings. The molecule has 0 saturated heterocycles. The molecule has 0 aliphatic heterocycles. The highest BCUT2D eigenvalue weighted by atomic mass is 35.5. The van der Waals surface area contributed by atoms with Gasteiger partial charge in [0.15, 0.2) is 0 Å². The molecule has 3 heteroatoms. The zero-order valence-corrected chi connectivity index (χ0v) is 8.58. The van der Waals surface area contributed by atoms with Crippen LogP contribution in [0.2, 0.25) is 5.02 Å². The fraction of sp³-hybridized carbons (Fsp3) is 0.182. The maximum absolute atomic E-state index is 10.9. The molecule has 74 valence electrons. The highest BCUT2D eigenvalue weighted by Gasteiger charge is 2.19. The average Bonchev–Trinajstić information content (AvgIpc) is 2.07. The lowest BCUT2D eigenvalue weighted by Gasteiger charge is -2.12. The molecule has 1 N–H and O–H groups in total. The van der Waals surface area contributed by atoms with Gasteiger partial charge in [0, 0.05) is 5.02 Å². The van der Waals surface area contributed by atoms with Crippen molar-refractivity contribution in [2.75, 3.05) is 0 Å². The minimum Gasteiger partial charge on any atom is -0.481 e. The van der Waals surface area contributed by atoms with Crippen LogP contribution in [-0.2, 0) is 4.79 Å². The van der Waals surface area contributed by atoms with Crippen LogP contribution in [0.25, 0.3) is 0 Å². The van der Waals surface area contributed by atoms with E-state index < -0.39 is 11.9 Å². The monoisotopic (exact) mass is 210 g/mol. The Bertz CT molecular complexity index is 340. The summed E-state index contributed by atoms with van der Waals surface area (Å²) in [6.07, 6.45) is 0. The van der Waals surface area contributed by atoms with E-state index in [4.69, 9.17) is 16.7 Å². The second kappa shape index (κ2) is 4.29. The van der Waals surface area contributed by atoms with E-state index in [9.17, 15) is 4.79 Å². The van der Waals surface area contributed by atoms with Crippen molar-refractivity contribution in [3.8, 4) is 0 Å². The molecule has 1 unspecified atom stereocenters. The van der Waals surface area contributed by atoms with Crippen LogP contribution in [0, 0.1) is 0 Å². The van der Waals surface area contributed by atoms with E-state index in [1.54, 1.807) is 31.2 Å². The van der Waals surface area contributed by atoms with Crippen molar-refractivity contribution in [3.05, 3.63) is 47.0 Å². The van der Waals surface area contributed by atoms with Crippen molar-refractivity contribution in [1.29, 1.82) is 0 Å². The molecule has 1 atom stereocenters. The molecule has 0 aromatic heterocycles. The van der Waals surface area contributed by atoms with Gasteiger partial charge in [-0.05, 0) is 24.6 Å². The molecule has 0 spiro atoms. The van der Waals surface area contributed by atoms with Crippen LogP contribution >= 0.6 is 11.6 Å². The molecule has 1 aromatic carbocycles. The van der Waals surface area contributed by atoms with E-state index >= 15 is 0 Å². The van der Waals surface area contributed by atoms with Crippen molar-refractivity contribution >= 4 is 17.6 Å². The Morgan fingerprint density at radius 1 is 1.43 bits per heavy atom. The van der Waals surface area contributed by atoms with Gasteiger partial charge in [-0.1, -0.05) is 35.9 Å². The van der Waals surface area contributed by atoms with Gasteiger partial charge in [0.25, 0.3) is 0 Å². The second-order valence-electron chi connectivity index (χ2n) is 3.17. The van der Waals surface area contributed by atoms with Gasteiger partial charge >= 0.3 is 5.97 Å². The van der Waals surface area contributed by atoms with Gasteiger partial charge in [-0.3, -0.25) is 4.79 Å². The predicted octanol–water partition coefficient (Wildman–Crippen LogP) is 3.08. The fourth-order valence-corrected chi connectivity index (χ4v) is 1.42. The summed E-state index contributed by atoms with van der Waals surface area (Å²) in [7, 11) is 0. The zero-order chi connectivity index (χ0) is 10.7. The summed E-state index contributed by atoms with van der Waals surface area (Å²) in [5, 5.41) is 9.57. The lowest BCUT2D eigenvalue weighted by molar-refractivity contribution is -0.137. The van der Waals surface area contributed by atoms with Crippen LogP contribution < -0.4 is 0 Å². The Balaban J connectivity index is 3.06. The van der Waals surface area contributed by atoms with Gasteiger partial charge in [-0.15, -0.1) is 0 Å². The van der Waals surface area contributed by atoms with Gasteiger partial charge < -0.3 is 5.11 Å². The number of halogens is 1. The van der Waals surface area contributed by atoms with Crippen LogP contribution in [0.1, 0.15) is 18.4 Å². The van der Waals surface area contributed by atoms with Crippen molar-refractivity contribution in [2.45, 2.75) is 12.8 Å². The third-order valence-electron chi connectivity index (χ3n) is 1.94.